The van der Waals surface area contributed by atoms with Crippen LogP contribution in [0.2, 0.25) is 0 Å². The minimum Gasteiger partial charge on any atom is -0.460 e. The number of ether oxygens (including phenoxy) is 1. The number of hydrogen-bond acceptors (Lipinski definition) is 7. The number of aromatic nitrogens is 1. The van der Waals surface area contributed by atoms with Gasteiger partial charge in [0.2, 0.25) is 11.8 Å². The minimum atomic E-state index is -1.06. The van der Waals surface area contributed by atoms with Gasteiger partial charge in [-0.25, -0.2) is 9.78 Å². The van der Waals surface area contributed by atoms with Gasteiger partial charge in [0.05, 0.1) is 12.1 Å². The van der Waals surface area contributed by atoms with E-state index in [9.17, 15) is 19.2 Å². The summed E-state index contributed by atoms with van der Waals surface area (Å²) in [6, 6.07) is 17.5. The lowest BCUT2D eigenvalue weighted by molar-refractivity contribution is -0.156. The van der Waals surface area contributed by atoms with E-state index in [1.807, 2.05) is 66.0 Å². The van der Waals surface area contributed by atoms with Gasteiger partial charge < -0.3 is 20.7 Å². The zero-order valence-electron chi connectivity index (χ0n) is 23.6. The molecule has 218 valence electrons. The fourth-order valence-electron chi connectivity index (χ4n) is 3.76. The first-order chi connectivity index (χ1) is 19.6. The number of carbonyl (C=O) groups excluding carboxylic acids is 4. The van der Waals surface area contributed by atoms with E-state index in [-0.39, 0.29) is 31.3 Å². The second kappa shape index (κ2) is 15.5. The highest BCUT2D eigenvalue weighted by molar-refractivity contribution is 7.13. The Morgan fingerprint density at radius 2 is 1.51 bits per heavy atom. The maximum absolute atomic E-state index is 12.9. The quantitative estimate of drug-likeness (QED) is 0.223. The summed E-state index contributed by atoms with van der Waals surface area (Å²) in [4.78, 5) is 54.6. The highest BCUT2D eigenvalue weighted by Crippen LogP contribution is 2.17. The Kier molecular flexibility index (Phi) is 11.8. The molecule has 0 radical (unpaired) electrons. The number of thiazole rings is 1. The van der Waals surface area contributed by atoms with Crippen molar-refractivity contribution >= 4 is 40.3 Å². The van der Waals surface area contributed by atoms with Gasteiger partial charge in [-0.1, -0.05) is 60.7 Å². The molecule has 3 aromatic rings. The molecule has 3 rings (SSSR count). The van der Waals surface area contributed by atoms with E-state index in [0.29, 0.717) is 24.5 Å². The number of nitrogens with one attached hydrogen (secondary N) is 4. The third-order valence-corrected chi connectivity index (χ3v) is 6.46. The summed E-state index contributed by atoms with van der Waals surface area (Å²) in [7, 11) is 0. The molecule has 4 N–H and O–H groups in total. The van der Waals surface area contributed by atoms with Gasteiger partial charge in [0.1, 0.15) is 11.6 Å². The number of anilines is 1. The average molecular weight is 580 g/mol. The highest BCUT2D eigenvalue weighted by atomic mass is 32.1. The molecule has 41 heavy (non-hydrogen) atoms. The fraction of sp³-hybridized carbons (Fsp3) is 0.367. The number of aryl methyl sites for hydroxylation is 1. The van der Waals surface area contributed by atoms with Gasteiger partial charge in [-0.15, -0.1) is 11.3 Å². The third kappa shape index (κ3) is 12.2. The Morgan fingerprint density at radius 1 is 0.902 bits per heavy atom. The van der Waals surface area contributed by atoms with Gasteiger partial charge in [0, 0.05) is 24.9 Å². The second-order valence-corrected chi connectivity index (χ2v) is 11.3. The van der Waals surface area contributed by atoms with Crippen LogP contribution in [0, 0.1) is 0 Å². The predicted molar refractivity (Wildman–Crippen MR) is 158 cm³/mol. The maximum Gasteiger partial charge on any atom is 0.321 e. The van der Waals surface area contributed by atoms with E-state index in [4.69, 9.17) is 4.74 Å². The summed E-state index contributed by atoms with van der Waals surface area (Å²) in [6.07, 6.45) is 0.833. The van der Waals surface area contributed by atoms with Crippen molar-refractivity contribution in [3.8, 4) is 0 Å². The van der Waals surface area contributed by atoms with Crippen LogP contribution in [0.25, 0.3) is 0 Å². The fourth-order valence-corrected chi connectivity index (χ4v) is 4.50. The summed E-state index contributed by atoms with van der Waals surface area (Å²) in [5.41, 5.74) is 1.92. The minimum absolute atomic E-state index is 0.134. The number of amides is 4. The van der Waals surface area contributed by atoms with Crippen LogP contribution in [0.3, 0.4) is 0 Å². The molecule has 1 aromatic heterocycles. The van der Waals surface area contributed by atoms with E-state index in [2.05, 4.69) is 26.3 Å². The van der Waals surface area contributed by atoms with Crippen LogP contribution in [0.5, 0.6) is 0 Å². The first-order valence-electron chi connectivity index (χ1n) is 13.4. The van der Waals surface area contributed by atoms with Crippen LogP contribution in [0.4, 0.5) is 9.93 Å². The molecular formula is C30H37N5O5S. The number of rotatable bonds is 13. The molecule has 0 saturated heterocycles. The molecule has 4 amide bonds. The van der Waals surface area contributed by atoms with Crippen molar-refractivity contribution in [1.29, 1.82) is 0 Å². The second-order valence-electron chi connectivity index (χ2n) is 10.4. The lowest BCUT2D eigenvalue weighted by Gasteiger charge is -2.22. The molecule has 0 aliphatic carbocycles. The first kappa shape index (κ1) is 31.3. The number of urea groups is 1. The van der Waals surface area contributed by atoms with Crippen LogP contribution in [0.1, 0.15) is 56.9 Å². The molecular weight excluding hydrogens is 542 g/mol. The number of nitrogens with zero attached hydrogens (tertiary/aromatic N) is 1. The summed E-state index contributed by atoms with van der Waals surface area (Å²) in [5, 5.41) is 13.3. The van der Waals surface area contributed by atoms with Crippen LogP contribution in [0.15, 0.2) is 66.0 Å². The number of esters is 1. The van der Waals surface area contributed by atoms with E-state index in [1.54, 1.807) is 20.8 Å². The summed E-state index contributed by atoms with van der Waals surface area (Å²) < 4.78 is 5.36. The number of benzene rings is 2. The number of hydrogen-bond donors (Lipinski definition) is 4. The monoisotopic (exact) mass is 579 g/mol. The Hall–Kier alpha value is -4.25. The van der Waals surface area contributed by atoms with Crippen LogP contribution < -0.4 is 21.3 Å². The van der Waals surface area contributed by atoms with Gasteiger partial charge in [-0.3, -0.25) is 19.7 Å². The van der Waals surface area contributed by atoms with Crippen molar-refractivity contribution in [3.05, 3.63) is 82.9 Å². The molecule has 0 fully saturated rings. The SMILES string of the molecule is CC(C)(C)OC(=O)C[C@H](NC(=O)CCCc1csc(NC(=O)NCc2ccccc2)n1)C(=O)NCc1ccccc1. The number of carbonyl (C=O) groups is 4. The predicted octanol–water partition coefficient (Wildman–Crippen LogP) is 4.32. The summed E-state index contributed by atoms with van der Waals surface area (Å²) in [5.74, 6) is -1.40. The normalized spacial score (nSPS) is 11.7. The Labute approximate surface area is 244 Å². The van der Waals surface area contributed by atoms with Crippen molar-refractivity contribution in [2.75, 3.05) is 5.32 Å². The summed E-state index contributed by atoms with van der Waals surface area (Å²) >= 11 is 1.30. The Bertz CT molecular complexity index is 1290. The van der Waals surface area contributed by atoms with Gasteiger partial charge in [0.15, 0.2) is 5.13 Å². The average Bonchev–Trinajstić information content (AvgIpc) is 3.37. The Morgan fingerprint density at radius 3 is 2.12 bits per heavy atom. The van der Waals surface area contributed by atoms with E-state index in [1.165, 1.54) is 11.3 Å². The van der Waals surface area contributed by atoms with Crippen molar-refractivity contribution in [3.63, 3.8) is 0 Å². The Balaban J connectivity index is 1.45. The van der Waals surface area contributed by atoms with Crippen LogP contribution >= 0.6 is 11.3 Å². The smallest absolute Gasteiger partial charge is 0.321 e. The van der Waals surface area contributed by atoms with Crippen molar-refractivity contribution in [2.45, 2.75) is 71.2 Å². The largest absolute Gasteiger partial charge is 0.460 e. The lowest BCUT2D eigenvalue weighted by atomic mass is 10.1. The van der Waals surface area contributed by atoms with Crippen molar-refractivity contribution < 1.29 is 23.9 Å². The molecule has 0 bridgehead atoms. The van der Waals surface area contributed by atoms with Gasteiger partial charge >= 0.3 is 12.0 Å². The topological polar surface area (TPSA) is 139 Å². The maximum atomic E-state index is 12.9. The van der Waals surface area contributed by atoms with E-state index >= 15 is 0 Å². The standard InChI is InChI=1S/C30H37N5O5S/c1-30(2,3)40-26(37)17-24(27(38)31-18-21-11-6-4-7-12-21)34-25(36)16-10-15-23-20-41-29(33-23)35-28(39)32-19-22-13-8-5-9-14-22/h4-9,11-14,20,24H,10,15-19H2,1-3H3,(H,31,38)(H,34,36)(H2,32,33,35,39)/t24-/m0/s1. The molecule has 10 nitrogen and oxygen atoms in total. The van der Waals surface area contributed by atoms with Crippen molar-refractivity contribution in [1.82, 2.24) is 20.9 Å². The van der Waals surface area contributed by atoms with Gasteiger partial charge in [0.25, 0.3) is 0 Å². The molecule has 0 saturated carbocycles. The molecule has 0 spiro atoms. The molecule has 1 heterocycles. The van der Waals surface area contributed by atoms with Crippen molar-refractivity contribution in [2.24, 2.45) is 0 Å². The van der Waals surface area contributed by atoms with Gasteiger partial charge in [-0.2, -0.15) is 0 Å². The molecule has 2 aromatic carbocycles. The van der Waals surface area contributed by atoms with E-state index in [0.717, 1.165) is 16.8 Å². The molecule has 0 unspecified atom stereocenters. The van der Waals surface area contributed by atoms with Crippen LogP contribution in [-0.4, -0.2) is 40.4 Å². The first-order valence-corrected chi connectivity index (χ1v) is 14.3. The highest BCUT2D eigenvalue weighted by Gasteiger charge is 2.27. The van der Waals surface area contributed by atoms with Crippen LogP contribution in [-0.2, 0) is 38.6 Å². The molecule has 11 heteroatoms. The third-order valence-electron chi connectivity index (χ3n) is 5.66. The molecule has 0 aliphatic rings. The zero-order chi connectivity index (χ0) is 29.7. The lowest BCUT2D eigenvalue weighted by Crippen LogP contribution is -2.48. The summed E-state index contributed by atoms with van der Waals surface area (Å²) in [6.45, 7) is 5.89. The molecule has 0 aliphatic heterocycles. The van der Waals surface area contributed by atoms with E-state index < -0.39 is 23.5 Å². The molecule has 1 atom stereocenters. The van der Waals surface area contributed by atoms with Gasteiger partial charge in [-0.05, 0) is 44.7 Å². The zero-order valence-corrected chi connectivity index (χ0v) is 24.4.